The first-order valence-electron chi connectivity index (χ1n) is 8.49. The van der Waals surface area contributed by atoms with Crippen LogP contribution in [-0.2, 0) is 16.6 Å². The second kappa shape index (κ2) is 7.06. The average molecular weight is 396 g/mol. The Labute approximate surface area is 156 Å². The third-order valence-corrected chi connectivity index (χ3v) is 6.62. The molecule has 2 aromatic rings. The van der Waals surface area contributed by atoms with E-state index in [2.05, 4.69) is 4.90 Å². The smallest absolute Gasteiger partial charge is 0.246 e. The van der Waals surface area contributed by atoms with Crippen LogP contribution in [0.4, 0.5) is 8.78 Å². The summed E-state index contributed by atoms with van der Waals surface area (Å²) in [4.78, 5) is 1.62. The normalized spacial score (nSPS) is 18.0. The Hall–Kier alpha value is -2.23. The first-order chi connectivity index (χ1) is 12.9. The summed E-state index contributed by atoms with van der Waals surface area (Å²) in [5.74, 6) is -0.450. The number of halogens is 2. The van der Waals surface area contributed by atoms with E-state index < -0.39 is 26.6 Å². The summed E-state index contributed by atoms with van der Waals surface area (Å²) in [7, 11) is -3.99. The monoisotopic (exact) mass is 396 g/mol. The zero-order chi connectivity index (χ0) is 19.0. The van der Waals surface area contributed by atoms with Crippen molar-refractivity contribution < 1.29 is 26.7 Å². The second-order valence-corrected chi connectivity index (χ2v) is 8.35. The molecule has 0 radical (unpaired) electrons. The molecule has 27 heavy (non-hydrogen) atoms. The van der Waals surface area contributed by atoms with Gasteiger partial charge in [0.2, 0.25) is 16.8 Å². The Morgan fingerprint density at radius 2 is 1.67 bits per heavy atom. The number of hydrogen-bond donors (Lipinski definition) is 0. The molecule has 2 aromatic carbocycles. The van der Waals surface area contributed by atoms with Crippen molar-refractivity contribution in [3.63, 3.8) is 0 Å². The van der Waals surface area contributed by atoms with Crippen molar-refractivity contribution in [2.75, 3.05) is 33.0 Å². The molecule has 0 aliphatic carbocycles. The summed E-state index contributed by atoms with van der Waals surface area (Å²) >= 11 is 0. The highest BCUT2D eigenvalue weighted by atomic mass is 32.2. The zero-order valence-corrected chi connectivity index (χ0v) is 15.2. The van der Waals surface area contributed by atoms with Crippen molar-refractivity contribution in [3.05, 3.63) is 53.6 Å². The number of ether oxygens (including phenoxy) is 2. The van der Waals surface area contributed by atoms with Gasteiger partial charge in [-0.1, -0.05) is 6.07 Å². The molecule has 1 saturated heterocycles. The second-order valence-electron chi connectivity index (χ2n) is 6.44. The lowest BCUT2D eigenvalue weighted by molar-refractivity contribution is 0.173. The molecular weight excluding hydrogens is 378 g/mol. The van der Waals surface area contributed by atoms with E-state index in [-0.39, 0.29) is 19.9 Å². The highest BCUT2D eigenvalue weighted by Gasteiger charge is 2.30. The van der Waals surface area contributed by atoms with Crippen molar-refractivity contribution in [3.8, 4) is 11.5 Å². The van der Waals surface area contributed by atoms with Gasteiger partial charge in [0.05, 0.1) is 0 Å². The van der Waals surface area contributed by atoms with Crippen LogP contribution in [0, 0.1) is 11.6 Å². The Morgan fingerprint density at radius 3 is 2.41 bits per heavy atom. The molecule has 1 fully saturated rings. The fourth-order valence-electron chi connectivity index (χ4n) is 3.25. The maximum Gasteiger partial charge on any atom is 0.246 e. The van der Waals surface area contributed by atoms with E-state index >= 15 is 0 Å². The largest absolute Gasteiger partial charge is 0.454 e. The van der Waals surface area contributed by atoms with E-state index in [1.165, 1.54) is 4.31 Å². The van der Waals surface area contributed by atoms with E-state index in [1.54, 1.807) is 0 Å². The number of nitrogens with zero attached hydrogens (tertiary/aromatic N) is 2. The Balaban J connectivity index is 1.41. The van der Waals surface area contributed by atoms with Crippen molar-refractivity contribution >= 4 is 10.0 Å². The lowest BCUT2D eigenvalue weighted by Gasteiger charge is -2.34. The molecule has 2 aliphatic rings. The van der Waals surface area contributed by atoms with Gasteiger partial charge >= 0.3 is 0 Å². The highest BCUT2D eigenvalue weighted by Crippen LogP contribution is 2.33. The topological polar surface area (TPSA) is 59.1 Å². The van der Waals surface area contributed by atoms with Gasteiger partial charge in [0.15, 0.2) is 11.5 Å². The van der Waals surface area contributed by atoms with E-state index in [0.717, 1.165) is 23.4 Å². The summed E-state index contributed by atoms with van der Waals surface area (Å²) in [6, 6.07) is 8.23. The van der Waals surface area contributed by atoms with Crippen LogP contribution >= 0.6 is 0 Å². The molecule has 0 N–H and O–H groups in total. The predicted octanol–water partition coefficient (Wildman–Crippen LogP) is 2.20. The van der Waals surface area contributed by atoms with Gasteiger partial charge in [-0.2, -0.15) is 4.31 Å². The Morgan fingerprint density at radius 1 is 0.926 bits per heavy atom. The van der Waals surface area contributed by atoms with Crippen LogP contribution in [0.5, 0.6) is 11.5 Å². The minimum absolute atomic E-state index is 0.218. The summed E-state index contributed by atoms with van der Waals surface area (Å²) < 4.78 is 64.1. The van der Waals surface area contributed by atoms with Crippen LogP contribution in [0.25, 0.3) is 0 Å². The average Bonchev–Trinajstić information content (AvgIpc) is 3.09. The minimum Gasteiger partial charge on any atom is -0.454 e. The molecule has 0 atom stereocenters. The highest BCUT2D eigenvalue weighted by molar-refractivity contribution is 7.89. The van der Waals surface area contributed by atoms with E-state index in [9.17, 15) is 17.2 Å². The number of piperazine rings is 1. The molecule has 4 rings (SSSR count). The van der Waals surface area contributed by atoms with Gasteiger partial charge in [-0.3, -0.25) is 4.90 Å². The molecule has 0 spiro atoms. The summed E-state index contributed by atoms with van der Waals surface area (Å²) in [6.07, 6.45) is 0. The summed E-state index contributed by atoms with van der Waals surface area (Å²) in [5, 5.41) is 0. The SMILES string of the molecule is O=S(=O)(c1ccc(F)cc1F)N1CCN(Cc2ccc3c(c2)OCO3)CC1. The van der Waals surface area contributed by atoms with Crippen LogP contribution in [0.2, 0.25) is 0 Å². The van der Waals surface area contributed by atoms with E-state index in [1.807, 2.05) is 18.2 Å². The number of hydrogen-bond acceptors (Lipinski definition) is 5. The third-order valence-electron chi connectivity index (χ3n) is 4.69. The fourth-order valence-corrected chi connectivity index (χ4v) is 4.72. The van der Waals surface area contributed by atoms with Gasteiger partial charge in [0.25, 0.3) is 0 Å². The molecule has 2 aliphatic heterocycles. The lowest BCUT2D eigenvalue weighted by Crippen LogP contribution is -2.48. The van der Waals surface area contributed by atoms with Gasteiger partial charge in [-0.05, 0) is 29.8 Å². The molecule has 0 amide bonds. The van der Waals surface area contributed by atoms with Crippen LogP contribution < -0.4 is 9.47 Å². The van der Waals surface area contributed by atoms with Gasteiger partial charge < -0.3 is 9.47 Å². The molecule has 0 aromatic heterocycles. The van der Waals surface area contributed by atoms with Crippen LogP contribution in [-0.4, -0.2) is 50.6 Å². The molecule has 0 bridgehead atoms. The van der Waals surface area contributed by atoms with Crippen molar-refractivity contribution in [2.24, 2.45) is 0 Å². The van der Waals surface area contributed by atoms with Crippen LogP contribution in [0.3, 0.4) is 0 Å². The minimum atomic E-state index is -3.99. The number of rotatable bonds is 4. The summed E-state index contributed by atoms with van der Waals surface area (Å²) in [6.45, 7) is 2.37. The maximum absolute atomic E-state index is 13.9. The van der Waals surface area contributed by atoms with Crippen LogP contribution in [0.15, 0.2) is 41.3 Å². The standard InChI is InChI=1S/C18H18F2N2O4S/c19-14-2-4-18(15(20)10-14)27(23,24)22-7-5-21(6-8-22)11-13-1-3-16-17(9-13)26-12-25-16/h1-4,9-10H,5-8,11-12H2. The molecule has 0 saturated carbocycles. The molecule has 9 heteroatoms. The van der Waals surface area contributed by atoms with Crippen molar-refractivity contribution in [1.29, 1.82) is 0 Å². The van der Waals surface area contributed by atoms with Crippen LogP contribution in [0.1, 0.15) is 5.56 Å². The Bertz CT molecular complexity index is 960. The zero-order valence-electron chi connectivity index (χ0n) is 14.4. The molecular formula is C18H18F2N2O4S. The first-order valence-corrected chi connectivity index (χ1v) is 9.93. The van der Waals surface area contributed by atoms with E-state index in [0.29, 0.717) is 31.5 Å². The van der Waals surface area contributed by atoms with Crippen molar-refractivity contribution in [1.82, 2.24) is 9.21 Å². The lowest BCUT2D eigenvalue weighted by atomic mass is 10.2. The quantitative estimate of drug-likeness (QED) is 0.793. The summed E-state index contributed by atoms with van der Waals surface area (Å²) in [5.41, 5.74) is 1.04. The fraction of sp³-hybridized carbons (Fsp3) is 0.333. The molecule has 144 valence electrons. The number of sulfonamides is 1. The maximum atomic E-state index is 13.9. The molecule has 2 heterocycles. The molecule has 0 unspecified atom stereocenters. The van der Waals surface area contributed by atoms with Gasteiger partial charge in [-0.25, -0.2) is 17.2 Å². The predicted molar refractivity (Wildman–Crippen MR) is 93.0 cm³/mol. The first kappa shape index (κ1) is 18.1. The number of fused-ring (bicyclic) bond motifs is 1. The van der Waals surface area contributed by atoms with Crippen molar-refractivity contribution in [2.45, 2.75) is 11.4 Å². The van der Waals surface area contributed by atoms with Gasteiger partial charge in [0, 0.05) is 38.8 Å². The van der Waals surface area contributed by atoms with Gasteiger partial charge in [0.1, 0.15) is 16.5 Å². The molecule has 6 nitrogen and oxygen atoms in total. The number of benzene rings is 2. The third kappa shape index (κ3) is 3.62. The van der Waals surface area contributed by atoms with Gasteiger partial charge in [-0.15, -0.1) is 0 Å². The van der Waals surface area contributed by atoms with E-state index in [4.69, 9.17) is 9.47 Å². The Kier molecular flexibility index (Phi) is 4.75.